The number of hydrogen-bond acceptors (Lipinski definition) is 7. The Labute approximate surface area is 180 Å². The third-order valence-corrected chi connectivity index (χ3v) is 5.22. The van der Waals surface area contributed by atoms with E-state index in [9.17, 15) is 9.90 Å². The maximum Gasteiger partial charge on any atom is 0.195 e. The van der Waals surface area contributed by atoms with Gasteiger partial charge in [0.15, 0.2) is 5.78 Å². The summed E-state index contributed by atoms with van der Waals surface area (Å²) >= 11 is 0. The van der Waals surface area contributed by atoms with Gasteiger partial charge in [-0.25, -0.2) is 0 Å². The quantitative estimate of drug-likeness (QED) is 0.532. The zero-order valence-electron chi connectivity index (χ0n) is 17.4. The number of aromatic nitrogens is 1. The highest BCUT2D eigenvalue weighted by Crippen LogP contribution is 2.30. The van der Waals surface area contributed by atoms with Crippen LogP contribution in [0.5, 0.6) is 0 Å². The Bertz CT molecular complexity index is 1110. The largest absolute Gasteiger partial charge is 0.471 e. The van der Waals surface area contributed by atoms with Crippen LogP contribution in [0.2, 0.25) is 0 Å². The monoisotopic (exact) mass is 420 g/mol. The van der Waals surface area contributed by atoms with E-state index >= 15 is 0 Å². The Morgan fingerprint density at radius 2 is 2.13 bits per heavy atom. The average Bonchev–Trinajstić information content (AvgIpc) is 3.46. The van der Waals surface area contributed by atoms with Crippen molar-refractivity contribution in [2.45, 2.75) is 25.5 Å². The molecule has 2 heterocycles. The number of benzene rings is 1. The highest BCUT2D eigenvalue weighted by molar-refractivity contribution is 6.05. The molecule has 1 aromatic carbocycles. The summed E-state index contributed by atoms with van der Waals surface area (Å²) in [4.78, 5) is 13.7. The van der Waals surface area contributed by atoms with Crippen molar-refractivity contribution in [3.8, 4) is 11.1 Å². The molecule has 31 heavy (non-hydrogen) atoms. The van der Waals surface area contributed by atoms with Crippen LogP contribution in [0.3, 0.4) is 0 Å². The number of methoxy groups -OCH3 is 1. The van der Waals surface area contributed by atoms with Gasteiger partial charge in [-0.1, -0.05) is 35.5 Å². The number of aryl methyl sites for hydroxylation is 1. The summed E-state index contributed by atoms with van der Waals surface area (Å²) in [6.07, 6.45) is 7.14. The molecule has 2 atom stereocenters. The fourth-order valence-corrected chi connectivity index (χ4v) is 3.64. The molecule has 0 spiro atoms. The molecule has 7 heteroatoms. The summed E-state index contributed by atoms with van der Waals surface area (Å²) in [6.45, 7) is 1.69. The number of carbonyl (C=O) groups is 1. The van der Waals surface area contributed by atoms with E-state index < -0.39 is 6.04 Å². The van der Waals surface area contributed by atoms with Crippen LogP contribution in [0, 0.1) is 6.92 Å². The lowest BCUT2D eigenvalue weighted by atomic mass is 9.95. The van der Waals surface area contributed by atoms with Crippen LogP contribution in [0.25, 0.3) is 11.1 Å². The number of nitrogens with one attached hydrogen (secondary N) is 1. The normalized spacial score (nSPS) is 17.1. The lowest BCUT2D eigenvalue weighted by molar-refractivity contribution is 0.0943. The molecule has 0 fully saturated rings. The van der Waals surface area contributed by atoms with E-state index in [-0.39, 0.29) is 18.5 Å². The van der Waals surface area contributed by atoms with Gasteiger partial charge in [0.25, 0.3) is 0 Å². The Morgan fingerprint density at radius 1 is 1.32 bits per heavy atom. The van der Waals surface area contributed by atoms with Gasteiger partial charge >= 0.3 is 0 Å². The summed E-state index contributed by atoms with van der Waals surface area (Å²) in [6, 6.07) is 10.5. The fourth-order valence-electron chi connectivity index (χ4n) is 3.64. The van der Waals surface area contributed by atoms with E-state index in [1.807, 2.05) is 42.5 Å². The van der Waals surface area contributed by atoms with Crippen LogP contribution >= 0.6 is 0 Å². The molecule has 0 saturated heterocycles. The molecule has 4 rings (SSSR count). The predicted octanol–water partition coefficient (Wildman–Crippen LogP) is 3.98. The van der Waals surface area contributed by atoms with Crippen LogP contribution in [0.1, 0.15) is 34.3 Å². The first-order valence-corrected chi connectivity index (χ1v) is 9.99. The molecular formula is C24H24N2O5. The van der Waals surface area contributed by atoms with Crippen molar-refractivity contribution in [2.24, 2.45) is 0 Å². The second-order valence-corrected chi connectivity index (χ2v) is 7.43. The van der Waals surface area contributed by atoms with Gasteiger partial charge < -0.3 is 24.1 Å². The first kappa shape index (κ1) is 20.8. The van der Waals surface area contributed by atoms with E-state index in [2.05, 4.69) is 10.5 Å². The van der Waals surface area contributed by atoms with E-state index in [0.717, 1.165) is 11.1 Å². The molecule has 2 N–H and O–H groups in total. The van der Waals surface area contributed by atoms with Crippen molar-refractivity contribution >= 4 is 5.78 Å². The summed E-state index contributed by atoms with van der Waals surface area (Å²) in [5, 5.41) is 16.9. The highest BCUT2D eigenvalue weighted by Gasteiger charge is 2.29. The van der Waals surface area contributed by atoms with Crippen LogP contribution in [0.15, 0.2) is 81.3 Å². The molecule has 1 aliphatic carbocycles. The number of furan rings is 1. The number of ether oxygens (including phenoxy) is 1. The number of aliphatic hydroxyl groups excluding tert-OH is 1. The number of allylic oxidation sites excluding steroid dienone is 1. The van der Waals surface area contributed by atoms with Gasteiger partial charge in [0, 0.05) is 30.9 Å². The molecular weight excluding hydrogens is 396 g/mol. The molecule has 0 bridgehead atoms. The summed E-state index contributed by atoms with van der Waals surface area (Å²) in [5.41, 5.74) is 3.97. The van der Waals surface area contributed by atoms with Gasteiger partial charge in [-0.15, -0.1) is 0 Å². The maximum absolute atomic E-state index is 13.7. The molecule has 1 aliphatic rings. The van der Waals surface area contributed by atoms with Crippen molar-refractivity contribution in [1.29, 1.82) is 0 Å². The van der Waals surface area contributed by atoms with Crippen molar-refractivity contribution in [3.05, 3.63) is 89.4 Å². The summed E-state index contributed by atoms with van der Waals surface area (Å²) in [7, 11) is 1.61. The van der Waals surface area contributed by atoms with E-state index in [4.69, 9.17) is 13.7 Å². The van der Waals surface area contributed by atoms with Crippen LogP contribution < -0.4 is 5.32 Å². The smallest absolute Gasteiger partial charge is 0.195 e. The van der Waals surface area contributed by atoms with E-state index in [1.54, 1.807) is 26.4 Å². The summed E-state index contributed by atoms with van der Waals surface area (Å²) < 4.78 is 16.1. The van der Waals surface area contributed by atoms with E-state index in [0.29, 0.717) is 34.7 Å². The topological polar surface area (TPSA) is 97.7 Å². The number of aliphatic hydroxyl groups is 1. The second-order valence-electron chi connectivity index (χ2n) is 7.43. The zero-order chi connectivity index (χ0) is 21.8. The van der Waals surface area contributed by atoms with Crippen LogP contribution in [-0.4, -0.2) is 35.9 Å². The van der Waals surface area contributed by atoms with Crippen molar-refractivity contribution < 1.29 is 23.6 Å². The first-order chi connectivity index (χ1) is 15.1. The van der Waals surface area contributed by atoms with Crippen molar-refractivity contribution in [1.82, 2.24) is 10.5 Å². The molecule has 2 aromatic heterocycles. The average molecular weight is 420 g/mol. The SMILES string of the molecule is COC1C=C(NC(C(=O)c2cocc2-c2ccccc2)c2cc(C)on2)C=C(CO)C1. The Morgan fingerprint density at radius 3 is 2.81 bits per heavy atom. The highest BCUT2D eigenvalue weighted by atomic mass is 16.5. The predicted molar refractivity (Wildman–Crippen MR) is 114 cm³/mol. The zero-order valence-corrected chi connectivity index (χ0v) is 17.4. The van der Waals surface area contributed by atoms with Crippen LogP contribution in [-0.2, 0) is 4.74 Å². The number of Topliss-reactive ketones (excluding diaryl/α,β-unsaturated/α-hetero) is 1. The lowest BCUT2D eigenvalue weighted by Gasteiger charge is -2.24. The van der Waals surface area contributed by atoms with Crippen molar-refractivity contribution in [2.75, 3.05) is 13.7 Å². The molecule has 160 valence electrons. The Hall–Kier alpha value is -3.42. The molecule has 0 amide bonds. The van der Waals surface area contributed by atoms with Gasteiger partial charge in [0.05, 0.1) is 24.5 Å². The fraction of sp³-hybridized carbons (Fsp3) is 0.250. The summed E-state index contributed by atoms with van der Waals surface area (Å²) in [5.74, 6) is 0.393. The second kappa shape index (κ2) is 9.16. The number of hydrogen-bond donors (Lipinski definition) is 2. The van der Waals surface area contributed by atoms with Gasteiger partial charge in [-0.3, -0.25) is 4.79 Å². The van der Waals surface area contributed by atoms with E-state index in [1.165, 1.54) is 6.26 Å². The third-order valence-electron chi connectivity index (χ3n) is 5.22. The minimum absolute atomic E-state index is 0.0829. The molecule has 7 nitrogen and oxygen atoms in total. The molecule has 3 aromatic rings. The first-order valence-electron chi connectivity index (χ1n) is 9.99. The van der Waals surface area contributed by atoms with Crippen LogP contribution in [0.4, 0.5) is 0 Å². The number of nitrogens with zero attached hydrogens (tertiary/aromatic N) is 1. The number of carbonyl (C=O) groups excluding carboxylic acids is 1. The Balaban J connectivity index is 1.70. The minimum Gasteiger partial charge on any atom is -0.471 e. The molecule has 0 saturated carbocycles. The molecule has 0 radical (unpaired) electrons. The van der Waals surface area contributed by atoms with Gasteiger partial charge in [0.1, 0.15) is 23.8 Å². The molecule has 2 unspecified atom stereocenters. The third kappa shape index (κ3) is 4.52. The minimum atomic E-state index is -0.810. The van der Waals surface area contributed by atoms with Gasteiger partial charge in [0.2, 0.25) is 0 Å². The number of ketones is 1. The van der Waals surface area contributed by atoms with Gasteiger partial charge in [-0.05, 0) is 30.2 Å². The lowest BCUT2D eigenvalue weighted by Crippen LogP contribution is -2.30. The maximum atomic E-state index is 13.7. The van der Waals surface area contributed by atoms with Gasteiger partial charge in [-0.2, -0.15) is 0 Å². The number of rotatable bonds is 8. The Kier molecular flexibility index (Phi) is 6.16. The van der Waals surface area contributed by atoms with Crippen molar-refractivity contribution in [3.63, 3.8) is 0 Å². The molecule has 0 aliphatic heterocycles. The standard InChI is InChI=1S/C24H24N2O5/c1-15-8-22(26-31-15)23(25-18-9-16(12-27)10-19(11-18)29-2)24(28)21-14-30-13-20(21)17-6-4-3-5-7-17/h3-9,11,13-14,19,23,25,27H,10,12H2,1-2H3.